The second-order valence-corrected chi connectivity index (χ2v) is 3.80. The van der Waals surface area contributed by atoms with Crippen LogP contribution in [-0.4, -0.2) is 16.0 Å². The molecule has 0 aromatic carbocycles. The second-order valence-electron chi connectivity index (χ2n) is 3.09. The van der Waals surface area contributed by atoms with Crippen molar-refractivity contribution in [1.82, 2.24) is 9.97 Å². The van der Waals surface area contributed by atoms with Crippen LogP contribution in [0.1, 0.15) is 18.4 Å². The van der Waals surface area contributed by atoms with Gasteiger partial charge in [0.05, 0.1) is 0 Å². The highest BCUT2D eigenvalue weighted by Gasteiger charge is 2.22. The number of nitrogens with zero attached hydrogens (tertiary/aromatic N) is 2. The molecule has 4 heteroatoms. The average Bonchev–Trinajstić information content (AvgIpc) is 2.81. The van der Waals surface area contributed by atoms with E-state index in [4.69, 9.17) is 0 Å². The Morgan fingerprint density at radius 2 is 2.33 bits per heavy atom. The Balaban J connectivity index is 2.21. The molecule has 1 heterocycles. The van der Waals surface area contributed by atoms with Crippen LogP contribution in [0, 0.1) is 6.92 Å². The standard InChI is InChI=1S/C8H10BrN3/c1-5-4-10-8(9)12-7(5)11-6-2-3-6/h4,6H,2-3H2,1H3,(H,10,11,12). The van der Waals surface area contributed by atoms with Gasteiger partial charge in [-0.05, 0) is 35.7 Å². The van der Waals surface area contributed by atoms with Gasteiger partial charge in [0.25, 0.3) is 0 Å². The van der Waals surface area contributed by atoms with E-state index in [2.05, 4.69) is 31.2 Å². The fourth-order valence-corrected chi connectivity index (χ4v) is 1.27. The number of anilines is 1. The highest BCUT2D eigenvalue weighted by atomic mass is 79.9. The van der Waals surface area contributed by atoms with Gasteiger partial charge in [0.1, 0.15) is 5.82 Å². The van der Waals surface area contributed by atoms with Crippen molar-refractivity contribution in [3.63, 3.8) is 0 Å². The van der Waals surface area contributed by atoms with E-state index in [1.54, 1.807) is 0 Å². The van der Waals surface area contributed by atoms with E-state index in [1.807, 2.05) is 13.1 Å². The topological polar surface area (TPSA) is 37.8 Å². The summed E-state index contributed by atoms with van der Waals surface area (Å²) in [5, 5.41) is 3.34. The second kappa shape index (κ2) is 3.01. The SMILES string of the molecule is Cc1cnc(Br)nc1NC1CC1. The fraction of sp³-hybridized carbons (Fsp3) is 0.500. The van der Waals surface area contributed by atoms with Crippen LogP contribution in [0.25, 0.3) is 0 Å². The molecule has 1 fully saturated rings. The minimum atomic E-state index is 0.644. The van der Waals surface area contributed by atoms with Crippen molar-refractivity contribution < 1.29 is 0 Å². The predicted molar refractivity (Wildman–Crippen MR) is 51.1 cm³/mol. The minimum Gasteiger partial charge on any atom is -0.367 e. The summed E-state index contributed by atoms with van der Waals surface area (Å²) in [6, 6.07) is 0.644. The minimum absolute atomic E-state index is 0.644. The number of aromatic nitrogens is 2. The van der Waals surface area contributed by atoms with E-state index >= 15 is 0 Å². The number of hydrogen-bond acceptors (Lipinski definition) is 3. The Morgan fingerprint density at radius 1 is 1.58 bits per heavy atom. The zero-order chi connectivity index (χ0) is 8.55. The van der Waals surface area contributed by atoms with Crippen LogP contribution in [0.5, 0.6) is 0 Å². The van der Waals surface area contributed by atoms with Crippen molar-refractivity contribution in [2.45, 2.75) is 25.8 Å². The van der Waals surface area contributed by atoms with Crippen LogP contribution in [-0.2, 0) is 0 Å². The summed E-state index contributed by atoms with van der Waals surface area (Å²) in [6.45, 7) is 2.01. The molecular formula is C8H10BrN3. The lowest BCUT2D eigenvalue weighted by Gasteiger charge is -2.05. The van der Waals surface area contributed by atoms with Crippen LogP contribution in [0.4, 0.5) is 5.82 Å². The fourth-order valence-electron chi connectivity index (χ4n) is 0.988. The number of rotatable bonds is 2. The number of halogens is 1. The first-order chi connectivity index (χ1) is 5.75. The smallest absolute Gasteiger partial charge is 0.198 e. The summed E-state index contributed by atoms with van der Waals surface area (Å²) < 4.78 is 0.649. The summed E-state index contributed by atoms with van der Waals surface area (Å²) >= 11 is 3.24. The third-order valence-electron chi connectivity index (χ3n) is 1.86. The van der Waals surface area contributed by atoms with Gasteiger partial charge in [0.15, 0.2) is 4.73 Å². The van der Waals surface area contributed by atoms with E-state index in [0.29, 0.717) is 10.8 Å². The molecule has 1 aromatic heterocycles. The maximum atomic E-state index is 4.25. The molecule has 0 radical (unpaired) electrons. The average molecular weight is 228 g/mol. The van der Waals surface area contributed by atoms with E-state index in [1.165, 1.54) is 12.8 Å². The lowest BCUT2D eigenvalue weighted by atomic mass is 10.3. The third kappa shape index (κ3) is 1.75. The molecule has 0 bridgehead atoms. The summed E-state index contributed by atoms with van der Waals surface area (Å²) in [7, 11) is 0. The van der Waals surface area contributed by atoms with E-state index < -0.39 is 0 Å². The Bertz CT molecular complexity index is 296. The van der Waals surface area contributed by atoms with Crippen molar-refractivity contribution in [1.29, 1.82) is 0 Å². The maximum absolute atomic E-state index is 4.25. The van der Waals surface area contributed by atoms with Crippen LogP contribution >= 0.6 is 15.9 Å². The van der Waals surface area contributed by atoms with Crippen LogP contribution in [0.3, 0.4) is 0 Å². The number of hydrogen-bond donors (Lipinski definition) is 1. The van der Waals surface area contributed by atoms with Crippen LogP contribution in [0.2, 0.25) is 0 Å². The van der Waals surface area contributed by atoms with Gasteiger partial charge in [0, 0.05) is 17.8 Å². The quantitative estimate of drug-likeness (QED) is 0.788. The highest BCUT2D eigenvalue weighted by molar-refractivity contribution is 9.10. The van der Waals surface area contributed by atoms with Crippen LogP contribution in [0.15, 0.2) is 10.9 Å². The molecule has 3 nitrogen and oxygen atoms in total. The van der Waals surface area contributed by atoms with Gasteiger partial charge in [-0.1, -0.05) is 0 Å². The molecular weight excluding hydrogens is 218 g/mol. The largest absolute Gasteiger partial charge is 0.367 e. The van der Waals surface area contributed by atoms with Crippen molar-refractivity contribution in [2.75, 3.05) is 5.32 Å². The first-order valence-electron chi connectivity index (χ1n) is 4.01. The molecule has 64 valence electrons. The van der Waals surface area contributed by atoms with E-state index in [9.17, 15) is 0 Å². The van der Waals surface area contributed by atoms with Crippen molar-refractivity contribution in [2.24, 2.45) is 0 Å². The molecule has 2 rings (SSSR count). The Kier molecular flexibility index (Phi) is 2.00. The van der Waals surface area contributed by atoms with E-state index in [0.717, 1.165) is 11.4 Å². The zero-order valence-electron chi connectivity index (χ0n) is 6.84. The summed E-state index contributed by atoms with van der Waals surface area (Å²) in [5.41, 5.74) is 1.10. The van der Waals surface area contributed by atoms with Crippen molar-refractivity contribution >= 4 is 21.7 Å². The van der Waals surface area contributed by atoms with Crippen molar-refractivity contribution in [3.8, 4) is 0 Å². The van der Waals surface area contributed by atoms with Gasteiger partial charge < -0.3 is 5.32 Å². The van der Waals surface area contributed by atoms with Crippen LogP contribution < -0.4 is 5.32 Å². The number of aryl methyl sites for hydroxylation is 1. The molecule has 0 saturated heterocycles. The van der Waals surface area contributed by atoms with E-state index in [-0.39, 0.29) is 0 Å². The predicted octanol–water partition coefficient (Wildman–Crippen LogP) is 2.12. The maximum Gasteiger partial charge on any atom is 0.198 e. The Morgan fingerprint density at radius 3 is 3.00 bits per heavy atom. The Hall–Kier alpha value is -0.640. The van der Waals surface area contributed by atoms with Gasteiger partial charge in [-0.3, -0.25) is 0 Å². The molecule has 1 N–H and O–H groups in total. The molecule has 0 amide bonds. The molecule has 0 atom stereocenters. The molecule has 1 saturated carbocycles. The van der Waals surface area contributed by atoms with Gasteiger partial charge in [-0.15, -0.1) is 0 Å². The molecule has 0 unspecified atom stereocenters. The molecule has 1 aromatic rings. The van der Waals surface area contributed by atoms with Crippen molar-refractivity contribution in [3.05, 3.63) is 16.5 Å². The Labute approximate surface area is 79.7 Å². The third-order valence-corrected chi connectivity index (χ3v) is 2.24. The highest BCUT2D eigenvalue weighted by Crippen LogP contribution is 2.25. The van der Waals surface area contributed by atoms with Gasteiger partial charge >= 0.3 is 0 Å². The number of nitrogens with one attached hydrogen (secondary N) is 1. The molecule has 1 aliphatic carbocycles. The van der Waals surface area contributed by atoms with Gasteiger partial charge in [-0.2, -0.15) is 0 Å². The lowest BCUT2D eigenvalue weighted by Crippen LogP contribution is -2.05. The summed E-state index contributed by atoms with van der Waals surface area (Å²) in [6.07, 6.45) is 4.35. The van der Waals surface area contributed by atoms with Gasteiger partial charge in [-0.25, -0.2) is 9.97 Å². The first kappa shape index (κ1) is 7.98. The first-order valence-corrected chi connectivity index (χ1v) is 4.80. The lowest BCUT2D eigenvalue weighted by molar-refractivity contribution is 1.03. The summed E-state index contributed by atoms with van der Waals surface area (Å²) in [5.74, 6) is 0.958. The molecule has 0 aliphatic heterocycles. The molecule has 1 aliphatic rings. The molecule has 0 spiro atoms. The monoisotopic (exact) mass is 227 g/mol. The van der Waals surface area contributed by atoms with Gasteiger partial charge in [0.2, 0.25) is 0 Å². The summed E-state index contributed by atoms with van der Waals surface area (Å²) in [4.78, 5) is 8.28. The normalized spacial score (nSPS) is 16.2. The zero-order valence-corrected chi connectivity index (χ0v) is 8.43. The molecule has 12 heavy (non-hydrogen) atoms.